The van der Waals surface area contributed by atoms with Crippen LogP contribution in [-0.4, -0.2) is 9.97 Å². The van der Waals surface area contributed by atoms with Gasteiger partial charge in [-0.3, -0.25) is 4.98 Å². The number of nitrogens with zero attached hydrogens (tertiary/aromatic N) is 2. The van der Waals surface area contributed by atoms with Gasteiger partial charge in [0.2, 0.25) is 0 Å². The minimum Gasteiger partial charge on any atom is -0.251 e. The summed E-state index contributed by atoms with van der Waals surface area (Å²) in [6.45, 7) is 2.10. The molecule has 0 saturated heterocycles. The van der Waals surface area contributed by atoms with Gasteiger partial charge in [-0.15, -0.1) is 11.3 Å². The predicted molar refractivity (Wildman–Crippen MR) is 87.8 cm³/mol. The molecule has 0 radical (unpaired) electrons. The van der Waals surface area contributed by atoms with Crippen molar-refractivity contribution in [1.29, 1.82) is 0 Å². The highest BCUT2D eigenvalue weighted by atomic mass is 32.1. The lowest BCUT2D eigenvalue weighted by atomic mass is 9.99. The molecule has 3 aromatic rings. The van der Waals surface area contributed by atoms with Crippen molar-refractivity contribution in [3.8, 4) is 0 Å². The molecule has 0 unspecified atom stereocenters. The zero-order valence-corrected chi connectivity index (χ0v) is 13.0. The van der Waals surface area contributed by atoms with E-state index in [1.54, 1.807) is 0 Å². The summed E-state index contributed by atoms with van der Waals surface area (Å²) in [5.41, 5.74) is 3.32. The standard InChI is InChI=1S/C18H18N2S/c1-10-16-17(13-4-2-3-5-14(13)19-10)21-18(20-16)15(11-6-7-11)12-8-9-12/h2-5,11-12,15H,6-9H2,1H3. The monoisotopic (exact) mass is 294 g/mol. The first kappa shape index (κ1) is 12.1. The zero-order chi connectivity index (χ0) is 14.0. The number of aromatic nitrogens is 2. The molecular formula is C18H18N2S. The average molecular weight is 294 g/mol. The molecule has 0 atom stereocenters. The van der Waals surface area contributed by atoms with Crippen molar-refractivity contribution in [2.45, 2.75) is 38.5 Å². The maximum Gasteiger partial charge on any atom is 0.103 e. The number of hydrogen-bond acceptors (Lipinski definition) is 3. The molecule has 0 spiro atoms. The topological polar surface area (TPSA) is 25.8 Å². The Bertz CT molecular complexity index is 831. The fourth-order valence-electron chi connectivity index (χ4n) is 3.60. The summed E-state index contributed by atoms with van der Waals surface area (Å²) in [5, 5.41) is 2.66. The van der Waals surface area contributed by atoms with Gasteiger partial charge in [0.25, 0.3) is 0 Å². The second-order valence-corrected chi connectivity index (χ2v) is 7.68. The van der Waals surface area contributed by atoms with Crippen LogP contribution >= 0.6 is 11.3 Å². The van der Waals surface area contributed by atoms with Crippen molar-refractivity contribution < 1.29 is 0 Å². The van der Waals surface area contributed by atoms with E-state index in [1.165, 1.54) is 40.8 Å². The summed E-state index contributed by atoms with van der Waals surface area (Å²) < 4.78 is 1.35. The van der Waals surface area contributed by atoms with Gasteiger partial charge < -0.3 is 0 Å². The summed E-state index contributed by atoms with van der Waals surface area (Å²) in [4.78, 5) is 9.78. The van der Waals surface area contributed by atoms with Gasteiger partial charge in [-0.1, -0.05) is 18.2 Å². The van der Waals surface area contributed by atoms with E-state index in [0.29, 0.717) is 0 Å². The van der Waals surface area contributed by atoms with E-state index in [0.717, 1.165) is 34.5 Å². The van der Waals surface area contributed by atoms with Crippen molar-refractivity contribution in [2.75, 3.05) is 0 Å². The Kier molecular flexibility index (Phi) is 2.46. The van der Waals surface area contributed by atoms with Crippen LogP contribution in [0.4, 0.5) is 0 Å². The lowest BCUT2D eigenvalue weighted by Gasteiger charge is -2.10. The molecule has 0 aliphatic heterocycles. The third kappa shape index (κ3) is 1.90. The number of benzene rings is 1. The zero-order valence-electron chi connectivity index (χ0n) is 12.2. The van der Waals surface area contributed by atoms with Crippen LogP contribution in [0.5, 0.6) is 0 Å². The Hall–Kier alpha value is -1.48. The Morgan fingerprint density at radius 2 is 1.76 bits per heavy atom. The molecule has 21 heavy (non-hydrogen) atoms. The van der Waals surface area contributed by atoms with Crippen LogP contribution < -0.4 is 0 Å². The van der Waals surface area contributed by atoms with Crippen molar-refractivity contribution in [2.24, 2.45) is 11.8 Å². The van der Waals surface area contributed by atoms with Crippen molar-refractivity contribution in [3.63, 3.8) is 0 Å². The van der Waals surface area contributed by atoms with E-state index in [-0.39, 0.29) is 0 Å². The van der Waals surface area contributed by atoms with Crippen LogP contribution in [0.1, 0.15) is 42.3 Å². The molecule has 0 N–H and O–H groups in total. The molecule has 2 aromatic heterocycles. The number of thiazole rings is 1. The third-order valence-electron chi connectivity index (χ3n) is 4.97. The molecule has 2 saturated carbocycles. The molecule has 2 heterocycles. The molecule has 0 bridgehead atoms. The van der Waals surface area contributed by atoms with Crippen molar-refractivity contribution in [3.05, 3.63) is 35.0 Å². The summed E-state index contributed by atoms with van der Waals surface area (Å²) >= 11 is 1.93. The van der Waals surface area contributed by atoms with Gasteiger partial charge >= 0.3 is 0 Å². The smallest absolute Gasteiger partial charge is 0.103 e. The summed E-state index contributed by atoms with van der Waals surface area (Å²) in [6.07, 6.45) is 5.65. The van der Waals surface area contributed by atoms with Gasteiger partial charge in [0.05, 0.1) is 20.9 Å². The molecule has 2 aliphatic rings. The summed E-state index contributed by atoms with van der Waals surface area (Å²) in [5.74, 6) is 2.57. The van der Waals surface area contributed by atoms with Gasteiger partial charge in [-0.05, 0) is 50.5 Å². The largest absolute Gasteiger partial charge is 0.251 e. The number of hydrogen-bond donors (Lipinski definition) is 0. The minimum atomic E-state index is 0.737. The Balaban J connectivity index is 1.75. The SMILES string of the molecule is Cc1nc2ccccc2c2sc(C(C3CC3)C3CC3)nc12. The molecule has 3 heteroatoms. The van der Waals surface area contributed by atoms with E-state index >= 15 is 0 Å². The van der Waals surface area contributed by atoms with E-state index in [4.69, 9.17) is 9.97 Å². The number of para-hydroxylation sites is 1. The molecule has 5 rings (SSSR count). The number of rotatable bonds is 3. The predicted octanol–water partition coefficient (Wildman–Crippen LogP) is 5.06. The van der Waals surface area contributed by atoms with Crippen molar-refractivity contribution in [1.82, 2.24) is 9.97 Å². The summed E-state index contributed by atoms with van der Waals surface area (Å²) in [6, 6.07) is 8.48. The van der Waals surface area contributed by atoms with Gasteiger partial charge in [0, 0.05) is 11.3 Å². The number of fused-ring (bicyclic) bond motifs is 3. The second-order valence-electron chi connectivity index (χ2n) is 6.64. The first-order chi connectivity index (χ1) is 10.3. The van der Waals surface area contributed by atoms with Crippen molar-refractivity contribution >= 4 is 32.5 Å². The normalized spacial score (nSPS) is 19.0. The number of aryl methyl sites for hydroxylation is 1. The highest BCUT2D eigenvalue weighted by Gasteiger charge is 2.43. The van der Waals surface area contributed by atoms with Gasteiger partial charge in [0.1, 0.15) is 5.52 Å². The van der Waals surface area contributed by atoms with Crippen LogP contribution in [0.2, 0.25) is 0 Å². The minimum absolute atomic E-state index is 0.737. The summed E-state index contributed by atoms with van der Waals surface area (Å²) in [7, 11) is 0. The Morgan fingerprint density at radius 1 is 1.05 bits per heavy atom. The van der Waals surface area contributed by atoms with E-state index in [9.17, 15) is 0 Å². The second kappa shape index (κ2) is 4.26. The van der Waals surface area contributed by atoms with Crippen LogP contribution in [0.3, 0.4) is 0 Å². The molecule has 2 aliphatic carbocycles. The number of pyridine rings is 1. The van der Waals surface area contributed by atoms with Gasteiger partial charge in [-0.25, -0.2) is 4.98 Å². The van der Waals surface area contributed by atoms with Gasteiger partial charge in [0.15, 0.2) is 0 Å². The van der Waals surface area contributed by atoms with E-state index in [1.807, 2.05) is 11.3 Å². The van der Waals surface area contributed by atoms with Crippen LogP contribution in [0.15, 0.2) is 24.3 Å². The first-order valence-electron chi connectivity index (χ1n) is 7.97. The molecule has 2 fully saturated rings. The van der Waals surface area contributed by atoms with Gasteiger partial charge in [-0.2, -0.15) is 0 Å². The molecule has 106 valence electrons. The molecular weight excluding hydrogens is 276 g/mol. The van der Waals surface area contributed by atoms with Crippen LogP contribution in [0, 0.1) is 18.8 Å². The molecule has 1 aromatic carbocycles. The maximum atomic E-state index is 5.04. The van der Waals surface area contributed by atoms with Crippen LogP contribution in [0.25, 0.3) is 21.1 Å². The lowest BCUT2D eigenvalue weighted by Crippen LogP contribution is -2.02. The average Bonchev–Trinajstić information content (AvgIpc) is 3.40. The third-order valence-corrected chi connectivity index (χ3v) is 6.16. The highest BCUT2D eigenvalue weighted by Crippen LogP contribution is 2.55. The quantitative estimate of drug-likeness (QED) is 0.675. The molecule has 0 amide bonds. The highest BCUT2D eigenvalue weighted by molar-refractivity contribution is 7.19. The fraction of sp³-hybridized carbons (Fsp3) is 0.444. The Morgan fingerprint density at radius 3 is 2.48 bits per heavy atom. The molecule has 2 nitrogen and oxygen atoms in total. The first-order valence-corrected chi connectivity index (χ1v) is 8.78. The Labute approximate surface area is 128 Å². The van der Waals surface area contributed by atoms with Crippen LogP contribution in [-0.2, 0) is 0 Å². The lowest BCUT2D eigenvalue weighted by molar-refractivity contribution is 0.536. The fourth-order valence-corrected chi connectivity index (χ4v) is 5.04. The van der Waals surface area contributed by atoms with E-state index < -0.39 is 0 Å². The van der Waals surface area contributed by atoms with E-state index in [2.05, 4.69) is 31.2 Å². The maximum absolute atomic E-state index is 5.04.